The standard InChI is InChI=1S/C16H33Cl.C6H6/c1-3-5-7-8-9-10-11-12-13-15-16(17)14-6-4-2;1-2-4-6-5-3-1/h16H,3-15H2,1-2H3;1-6H. The summed E-state index contributed by atoms with van der Waals surface area (Å²) in [5, 5.41) is 0.444. The van der Waals surface area contributed by atoms with Crippen molar-refractivity contribution in [1.82, 2.24) is 0 Å². The van der Waals surface area contributed by atoms with Gasteiger partial charge < -0.3 is 0 Å². The van der Waals surface area contributed by atoms with Crippen LogP contribution in [-0.2, 0) is 0 Å². The number of hydrogen-bond donors (Lipinski definition) is 0. The van der Waals surface area contributed by atoms with Crippen LogP contribution in [0, 0.1) is 0 Å². The molecular formula is C22H39Cl. The molecule has 1 aromatic carbocycles. The summed E-state index contributed by atoms with van der Waals surface area (Å²) >= 11 is 6.26. The summed E-state index contributed by atoms with van der Waals surface area (Å²) in [6.07, 6.45) is 17.7. The van der Waals surface area contributed by atoms with Crippen LogP contribution in [0.1, 0.15) is 97.3 Å². The molecule has 1 rings (SSSR count). The van der Waals surface area contributed by atoms with Crippen LogP contribution in [0.2, 0.25) is 0 Å². The van der Waals surface area contributed by atoms with Crippen LogP contribution in [0.5, 0.6) is 0 Å². The molecule has 0 amide bonds. The Hall–Kier alpha value is -0.490. The molecule has 0 fully saturated rings. The van der Waals surface area contributed by atoms with E-state index < -0.39 is 0 Å². The molecule has 23 heavy (non-hydrogen) atoms. The summed E-state index contributed by atoms with van der Waals surface area (Å²) < 4.78 is 0. The van der Waals surface area contributed by atoms with Crippen LogP contribution in [0.4, 0.5) is 0 Å². The van der Waals surface area contributed by atoms with Gasteiger partial charge in [0.1, 0.15) is 0 Å². The van der Waals surface area contributed by atoms with Crippen LogP contribution in [-0.4, -0.2) is 5.38 Å². The zero-order valence-corrected chi connectivity index (χ0v) is 16.4. The Morgan fingerprint density at radius 2 is 0.870 bits per heavy atom. The van der Waals surface area contributed by atoms with Crippen LogP contribution < -0.4 is 0 Å². The number of benzene rings is 1. The predicted molar refractivity (Wildman–Crippen MR) is 107 cm³/mol. The van der Waals surface area contributed by atoms with Crippen LogP contribution in [0.3, 0.4) is 0 Å². The second-order valence-electron chi connectivity index (χ2n) is 6.51. The van der Waals surface area contributed by atoms with Crippen molar-refractivity contribution in [2.24, 2.45) is 0 Å². The van der Waals surface area contributed by atoms with Gasteiger partial charge in [-0.3, -0.25) is 0 Å². The van der Waals surface area contributed by atoms with E-state index in [0.717, 1.165) is 0 Å². The van der Waals surface area contributed by atoms with Crippen LogP contribution in [0.15, 0.2) is 36.4 Å². The molecular weight excluding hydrogens is 300 g/mol. The summed E-state index contributed by atoms with van der Waals surface area (Å²) in [7, 11) is 0. The van der Waals surface area contributed by atoms with Gasteiger partial charge in [0.2, 0.25) is 0 Å². The maximum absolute atomic E-state index is 6.26. The summed E-state index contributed by atoms with van der Waals surface area (Å²) in [6.45, 7) is 4.52. The minimum absolute atomic E-state index is 0.444. The van der Waals surface area contributed by atoms with Gasteiger partial charge in [0, 0.05) is 5.38 Å². The Bertz CT molecular complexity index is 269. The predicted octanol–water partition coefficient (Wildman–Crippen LogP) is 8.39. The van der Waals surface area contributed by atoms with E-state index >= 15 is 0 Å². The van der Waals surface area contributed by atoms with Crippen molar-refractivity contribution in [3.8, 4) is 0 Å². The average molecular weight is 339 g/mol. The summed E-state index contributed by atoms with van der Waals surface area (Å²) in [5.41, 5.74) is 0. The average Bonchev–Trinajstić information content (AvgIpc) is 2.60. The molecule has 0 N–H and O–H groups in total. The molecule has 0 aliphatic rings. The van der Waals surface area contributed by atoms with Crippen molar-refractivity contribution in [2.75, 3.05) is 0 Å². The molecule has 0 aliphatic carbocycles. The van der Waals surface area contributed by atoms with Crippen LogP contribution >= 0.6 is 11.6 Å². The fraction of sp³-hybridized carbons (Fsp3) is 0.727. The third kappa shape index (κ3) is 19.5. The van der Waals surface area contributed by atoms with Gasteiger partial charge in [-0.25, -0.2) is 0 Å². The lowest BCUT2D eigenvalue weighted by Crippen LogP contribution is -1.97. The highest BCUT2D eigenvalue weighted by molar-refractivity contribution is 6.20. The van der Waals surface area contributed by atoms with E-state index in [2.05, 4.69) is 13.8 Å². The molecule has 0 heterocycles. The fourth-order valence-corrected chi connectivity index (χ4v) is 2.94. The van der Waals surface area contributed by atoms with E-state index in [0.29, 0.717) is 5.38 Å². The topological polar surface area (TPSA) is 0 Å². The molecule has 1 unspecified atom stereocenters. The molecule has 1 aromatic rings. The van der Waals surface area contributed by atoms with Gasteiger partial charge in [-0.05, 0) is 12.8 Å². The fourth-order valence-electron chi connectivity index (χ4n) is 2.63. The molecule has 1 heteroatoms. The third-order valence-corrected chi connectivity index (χ3v) is 4.59. The minimum Gasteiger partial charge on any atom is -0.123 e. The van der Waals surface area contributed by atoms with Gasteiger partial charge >= 0.3 is 0 Å². The lowest BCUT2D eigenvalue weighted by molar-refractivity contribution is 0.541. The normalized spacial score (nSPS) is 11.6. The van der Waals surface area contributed by atoms with Gasteiger partial charge in [0.05, 0.1) is 0 Å². The maximum atomic E-state index is 6.26. The van der Waals surface area contributed by atoms with Crippen molar-refractivity contribution in [1.29, 1.82) is 0 Å². The van der Waals surface area contributed by atoms with Crippen molar-refractivity contribution < 1.29 is 0 Å². The SMILES string of the molecule is CCCCCCCCCCCC(Cl)CCCC.c1ccccc1. The quantitative estimate of drug-likeness (QED) is 0.250. The number of unbranched alkanes of at least 4 members (excludes halogenated alkanes) is 9. The van der Waals surface area contributed by atoms with Gasteiger partial charge in [0.25, 0.3) is 0 Å². The highest BCUT2D eigenvalue weighted by atomic mass is 35.5. The lowest BCUT2D eigenvalue weighted by Gasteiger charge is -2.08. The summed E-state index contributed by atoms with van der Waals surface area (Å²) in [4.78, 5) is 0. The maximum Gasteiger partial charge on any atom is 0.0336 e. The zero-order valence-electron chi connectivity index (χ0n) is 15.6. The van der Waals surface area contributed by atoms with E-state index in [9.17, 15) is 0 Å². The van der Waals surface area contributed by atoms with E-state index in [1.54, 1.807) is 0 Å². The molecule has 0 spiro atoms. The van der Waals surface area contributed by atoms with Crippen molar-refractivity contribution in [3.63, 3.8) is 0 Å². The summed E-state index contributed by atoms with van der Waals surface area (Å²) in [5.74, 6) is 0. The van der Waals surface area contributed by atoms with E-state index in [1.807, 2.05) is 36.4 Å². The molecule has 1 atom stereocenters. The monoisotopic (exact) mass is 338 g/mol. The van der Waals surface area contributed by atoms with Crippen molar-refractivity contribution >= 4 is 11.6 Å². The molecule has 0 aliphatic heterocycles. The number of alkyl halides is 1. The molecule has 0 nitrogen and oxygen atoms in total. The van der Waals surface area contributed by atoms with Crippen LogP contribution in [0.25, 0.3) is 0 Å². The lowest BCUT2D eigenvalue weighted by atomic mass is 10.0. The summed E-state index contributed by atoms with van der Waals surface area (Å²) in [6, 6.07) is 12.0. The number of hydrogen-bond acceptors (Lipinski definition) is 0. The molecule has 134 valence electrons. The molecule has 0 aromatic heterocycles. The third-order valence-electron chi connectivity index (χ3n) is 4.16. The zero-order chi connectivity index (χ0) is 17.0. The molecule has 0 bridgehead atoms. The Morgan fingerprint density at radius 3 is 1.30 bits per heavy atom. The van der Waals surface area contributed by atoms with E-state index in [4.69, 9.17) is 11.6 Å². The van der Waals surface area contributed by atoms with Gasteiger partial charge in [-0.2, -0.15) is 0 Å². The van der Waals surface area contributed by atoms with E-state index in [1.165, 1.54) is 83.5 Å². The Labute approximate surface area is 151 Å². The molecule has 0 saturated carbocycles. The van der Waals surface area contributed by atoms with Gasteiger partial charge in [-0.15, -0.1) is 11.6 Å². The highest BCUT2D eigenvalue weighted by Gasteiger charge is 2.02. The minimum atomic E-state index is 0.444. The molecule has 0 saturated heterocycles. The van der Waals surface area contributed by atoms with E-state index in [-0.39, 0.29) is 0 Å². The van der Waals surface area contributed by atoms with Gasteiger partial charge in [-0.1, -0.05) is 121 Å². The second kappa shape index (κ2) is 19.6. The Kier molecular flexibility index (Phi) is 19.1. The first-order chi connectivity index (χ1) is 11.3. The Balaban J connectivity index is 0.000000664. The number of rotatable bonds is 13. The van der Waals surface area contributed by atoms with Gasteiger partial charge in [0.15, 0.2) is 0 Å². The second-order valence-corrected chi connectivity index (χ2v) is 7.13. The van der Waals surface area contributed by atoms with Crippen molar-refractivity contribution in [2.45, 2.75) is 103 Å². The smallest absolute Gasteiger partial charge is 0.0336 e. The number of halogens is 1. The first-order valence-corrected chi connectivity index (χ1v) is 10.4. The largest absolute Gasteiger partial charge is 0.123 e. The van der Waals surface area contributed by atoms with Crippen molar-refractivity contribution in [3.05, 3.63) is 36.4 Å². The molecule has 0 radical (unpaired) electrons. The Morgan fingerprint density at radius 1 is 0.522 bits per heavy atom. The first kappa shape index (κ1) is 22.5. The highest BCUT2D eigenvalue weighted by Crippen LogP contribution is 2.16. The first-order valence-electron chi connectivity index (χ1n) is 9.95.